The Kier molecular flexibility index (Phi) is 6.85. The van der Waals surface area contributed by atoms with Gasteiger partial charge >= 0.3 is 0 Å². The van der Waals surface area contributed by atoms with Crippen LogP contribution in [0.3, 0.4) is 0 Å². The van der Waals surface area contributed by atoms with Crippen LogP contribution < -0.4 is 15.0 Å². The summed E-state index contributed by atoms with van der Waals surface area (Å²) in [5.41, 5.74) is 1.79. The highest BCUT2D eigenvalue weighted by molar-refractivity contribution is 6.31. The summed E-state index contributed by atoms with van der Waals surface area (Å²) in [5.74, 6) is 1.30. The van der Waals surface area contributed by atoms with Crippen molar-refractivity contribution in [3.05, 3.63) is 76.8 Å². The molecule has 0 bridgehead atoms. The molecule has 0 radical (unpaired) electrons. The van der Waals surface area contributed by atoms with Crippen molar-refractivity contribution in [2.24, 2.45) is 5.92 Å². The number of nitrogens with one attached hydrogen (secondary N) is 1. The number of anilines is 1. The van der Waals surface area contributed by atoms with Crippen LogP contribution in [0, 0.1) is 18.7 Å². The highest BCUT2D eigenvalue weighted by Gasteiger charge is 2.27. The first-order valence-corrected chi connectivity index (χ1v) is 10.9. The van der Waals surface area contributed by atoms with E-state index in [4.69, 9.17) is 16.3 Å². The van der Waals surface area contributed by atoms with Gasteiger partial charge in [0.2, 0.25) is 5.91 Å². The third kappa shape index (κ3) is 5.34. The predicted molar refractivity (Wildman–Crippen MR) is 121 cm³/mol. The fraction of sp³-hybridized carbons (Fsp3) is 0.292. The van der Waals surface area contributed by atoms with Gasteiger partial charge in [-0.3, -0.25) is 4.79 Å². The van der Waals surface area contributed by atoms with Crippen LogP contribution in [-0.2, 0) is 11.3 Å². The normalized spacial score (nSPS) is 14.3. The maximum atomic E-state index is 13.2. The number of amides is 1. The van der Waals surface area contributed by atoms with Crippen LogP contribution in [0.2, 0.25) is 5.02 Å². The average molecular weight is 455 g/mol. The van der Waals surface area contributed by atoms with Gasteiger partial charge in [-0.2, -0.15) is 0 Å². The van der Waals surface area contributed by atoms with Gasteiger partial charge in [0.25, 0.3) is 5.88 Å². The van der Waals surface area contributed by atoms with Gasteiger partial charge in [-0.05, 0) is 55.2 Å². The molecule has 6 nitrogen and oxygen atoms in total. The second-order valence-electron chi connectivity index (χ2n) is 7.82. The van der Waals surface area contributed by atoms with Crippen LogP contribution in [0.15, 0.2) is 54.9 Å². The van der Waals surface area contributed by atoms with Gasteiger partial charge in [-0.25, -0.2) is 14.4 Å². The molecule has 2 aromatic carbocycles. The Hall–Kier alpha value is -3.19. The zero-order chi connectivity index (χ0) is 22.5. The molecule has 8 heteroatoms. The van der Waals surface area contributed by atoms with Crippen molar-refractivity contribution in [3.63, 3.8) is 0 Å². The van der Waals surface area contributed by atoms with Crippen LogP contribution >= 0.6 is 11.6 Å². The molecule has 0 unspecified atom stereocenters. The van der Waals surface area contributed by atoms with Gasteiger partial charge in [-0.15, -0.1) is 0 Å². The molecule has 0 saturated carbocycles. The largest absolute Gasteiger partial charge is 0.436 e. The van der Waals surface area contributed by atoms with E-state index in [1.807, 2.05) is 31.2 Å². The van der Waals surface area contributed by atoms with Gasteiger partial charge in [0, 0.05) is 43.0 Å². The topological polar surface area (TPSA) is 67.4 Å². The third-order valence-electron chi connectivity index (χ3n) is 5.48. The Morgan fingerprint density at radius 3 is 2.72 bits per heavy atom. The highest BCUT2D eigenvalue weighted by atomic mass is 35.5. The first-order chi connectivity index (χ1) is 15.5. The summed E-state index contributed by atoms with van der Waals surface area (Å²) < 4.78 is 19.2. The molecule has 1 saturated heterocycles. The summed E-state index contributed by atoms with van der Waals surface area (Å²) in [6.45, 7) is 3.61. The quantitative estimate of drug-likeness (QED) is 0.573. The maximum Gasteiger partial charge on any atom is 0.263 e. The van der Waals surface area contributed by atoms with E-state index in [9.17, 15) is 9.18 Å². The molecule has 0 spiro atoms. The van der Waals surface area contributed by atoms with Crippen molar-refractivity contribution >= 4 is 23.3 Å². The van der Waals surface area contributed by atoms with Gasteiger partial charge in [0.1, 0.15) is 11.6 Å². The van der Waals surface area contributed by atoms with E-state index in [0.717, 1.165) is 5.56 Å². The molecule has 1 amide bonds. The lowest BCUT2D eigenvalue weighted by atomic mass is 9.96. The summed E-state index contributed by atoms with van der Waals surface area (Å²) in [4.78, 5) is 23.6. The predicted octanol–water partition coefficient (Wildman–Crippen LogP) is 4.90. The molecule has 0 aliphatic carbocycles. The number of benzene rings is 2. The number of ether oxygens (including phenoxy) is 1. The zero-order valence-corrected chi connectivity index (χ0v) is 18.5. The van der Waals surface area contributed by atoms with Crippen molar-refractivity contribution in [2.75, 3.05) is 18.0 Å². The second kappa shape index (κ2) is 9.96. The van der Waals surface area contributed by atoms with Crippen LogP contribution in [0.5, 0.6) is 11.6 Å². The van der Waals surface area contributed by atoms with Crippen molar-refractivity contribution < 1.29 is 13.9 Å². The van der Waals surface area contributed by atoms with Crippen LogP contribution in [0.1, 0.15) is 24.0 Å². The number of carbonyl (C=O) groups is 1. The van der Waals surface area contributed by atoms with E-state index in [0.29, 0.717) is 54.0 Å². The van der Waals surface area contributed by atoms with Crippen molar-refractivity contribution in [3.8, 4) is 11.6 Å². The molecule has 1 aromatic heterocycles. The molecular weight excluding hydrogens is 431 g/mol. The van der Waals surface area contributed by atoms with Crippen LogP contribution in [0.25, 0.3) is 0 Å². The van der Waals surface area contributed by atoms with Crippen LogP contribution in [0.4, 0.5) is 10.2 Å². The molecule has 166 valence electrons. The lowest BCUT2D eigenvalue weighted by molar-refractivity contribution is -0.125. The fourth-order valence-corrected chi connectivity index (χ4v) is 3.98. The SMILES string of the molecule is Cc1cccc(Oc2nccnc2N2CCC(C(=O)NCc3ccc(F)cc3Cl)CC2)c1. The molecule has 0 atom stereocenters. The molecule has 1 fully saturated rings. The Morgan fingerprint density at radius 2 is 1.97 bits per heavy atom. The summed E-state index contributed by atoms with van der Waals surface area (Å²) in [6.07, 6.45) is 4.62. The Morgan fingerprint density at radius 1 is 1.19 bits per heavy atom. The lowest BCUT2D eigenvalue weighted by Gasteiger charge is -2.32. The Balaban J connectivity index is 1.35. The van der Waals surface area contributed by atoms with Crippen molar-refractivity contribution in [1.29, 1.82) is 0 Å². The summed E-state index contributed by atoms with van der Waals surface area (Å²) >= 11 is 6.04. The molecule has 3 aromatic rings. The maximum absolute atomic E-state index is 13.2. The third-order valence-corrected chi connectivity index (χ3v) is 5.84. The molecule has 1 aliphatic heterocycles. The van der Waals surface area contributed by atoms with Gasteiger partial charge < -0.3 is 15.0 Å². The smallest absolute Gasteiger partial charge is 0.263 e. The number of aromatic nitrogens is 2. The van der Waals surface area contributed by atoms with Crippen molar-refractivity contribution in [1.82, 2.24) is 15.3 Å². The molecule has 1 N–H and O–H groups in total. The van der Waals surface area contributed by atoms with Gasteiger partial charge in [0.15, 0.2) is 5.82 Å². The van der Waals surface area contributed by atoms with E-state index < -0.39 is 5.82 Å². The average Bonchev–Trinajstić information content (AvgIpc) is 2.79. The summed E-state index contributed by atoms with van der Waals surface area (Å²) in [7, 11) is 0. The standard InChI is InChI=1S/C24H24ClFN4O2/c1-16-3-2-4-20(13-16)32-24-22(27-9-10-28-24)30-11-7-17(8-12-30)23(31)29-15-18-5-6-19(26)14-21(18)25/h2-6,9-10,13-14,17H,7-8,11-12,15H2,1H3,(H,29,31). The minimum absolute atomic E-state index is 0.0274. The fourth-order valence-electron chi connectivity index (χ4n) is 3.74. The number of aryl methyl sites for hydroxylation is 1. The second-order valence-corrected chi connectivity index (χ2v) is 8.23. The molecule has 2 heterocycles. The van der Waals surface area contributed by atoms with E-state index in [2.05, 4.69) is 20.2 Å². The summed E-state index contributed by atoms with van der Waals surface area (Å²) in [5, 5.41) is 3.23. The number of halogens is 2. The van der Waals surface area contributed by atoms with E-state index in [1.165, 1.54) is 12.1 Å². The zero-order valence-electron chi connectivity index (χ0n) is 17.7. The number of piperidine rings is 1. The van der Waals surface area contributed by atoms with Crippen molar-refractivity contribution in [2.45, 2.75) is 26.3 Å². The minimum Gasteiger partial charge on any atom is -0.436 e. The molecule has 4 rings (SSSR count). The lowest BCUT2D eigenvalue weighted by Crippen LogP contribution is -2.40. The Bertz CT molecular complexity index is 1100. The van der Waals surface area contributed by atoms with E-state index in [-0.39, 0.29) is 18.4 Å². The number of hydrogen-bond donors (Lipinski definition) is 1. The van der Waals surface area contributed by atoms with Crippen LogP contribution in [-0.4, -0.2) is 29.0 Å². The highest BCUT2D eigenvalue weighted by Crippen LogP contribution is 2.31. The summed E-state index contributed by atoms with van der Waals surface area (Å²) in [6, 6.07) is 11.9. The number of nitrogens with zero attached hydrogens (tertiary/aromatic N) is 3. The minimum atomic E-state index is -0.396. The number of hydrogen-bond acceptors (Lipinski definition) is 5. The molecule has 1 aliphatic rings. The molecular formula is C24H24ClFN4O2. The van der Waals surface area contributed by atoms with Gasteiger partial charge in [0.05, 0.1) is 0 Å². The number of carbonyl (C=O) groups excluding carboxylic acids is 1. The number of rotatable bonds is 6. The van der Waals surface area contributed by atoms with E-state index in [1.54, 1.807) is 18.5 Å². The Labute approximate surface area is 191 Å². The first kappa shape index (κ1) is 22.0. The van der Waals surface area contributed by atoms with E-state index >= 15 is 0 Å². The molecule has 32 heavy (non-hydrogen) atoms. The first-order valence-electron chi connectivity index (χ1n) is 10.5. The monoisotopic (exact) mass is 454 g/mol. The van der Waals surface area contributed by atoms with Gasteiger partial charge in [-0.1, -0.05) is 29.8 Å².